The second-order valence-corrected chi connectivity index (χ2v) is 7.61. The van der Waals surface area contributed by atoms with Gasteiger partial charge in [0.2, 0.25) is 0 Å². The van der Waals surface area contributed by atoms with Crippen molar-refractivity contribution in [2.24, 2.45) is 0 Å². The Hall–Kier alpha value is -3.93. The molecule has 6 nitrogen and oxygen atoms in total. The molecule has 0 radical (unpaired) electrons. The molecular formula is C25H23N3O3. The van der Waals surface area contributed by atoms with E-state index in [9.17, 15) is 9.59 Å². The third kappa shape index (κ3) is 4.33. The van der Waals surface area contributed by atoms with E-state index in [2.05, 4.69) is 4.98 Å². The van der Waals surface area contributed by atoms with Gasteiger partial charge in [-0.15, -0.1) is 0 Å². The number of aryl methyl sites for hydroxylation is 1. The Balaban J connectivity index is 1.73. The molecule has 0 saturated heterocycles. The maximum atomic E-state index is 13.4. The van der Waals surface area contributed by atoms with Gasteiger partial charge in [0.1, 0.15) is 11.4 Å². The van der Waals surface area contributed by atoms with Crippen molar-refractivity contribution >= 4 is 28.4 Å². The molecule has 4 rings (SSSR count). The Morgan fingerprint density at radius 2 is 1.77 bits per heavy atom. The van der Waals surface area contributed by atoms with Gasteiger partial charge in [0.15, 0.2) is 11.2 Å². The number of pyridine rings is 1. The molecular weight excluding hydrogens is 390 g/mol. The number of hydrogen-bond donors (Lipinski definition) is 0. The summed E-state index contributed by atoms with van der Waals surface area (Å²) in [5.41, 5.74) is 3.09. The van der Waals surface area contributed by atoms with Gasteiger partial charge in [-0.05, 0) is 48.9 Å². The Kier molecular flexibility index (Phi) is 5.54. The number of hydrogen-bond acceptors (Lipinski definition) is 5. The fourth-order valence-corrected chi connectivity index (χ4v) is 3.36. The van der Waals surface area contributed by atoms with Crippen molar-refractivity contribution in [2.75, 3.05) is 23.9 Å². The maximum Gasteiger partial charge on any atom is 0.295 e. The molecule has 0 aliphatic rings. The number of carbonyl (C=O) groups is 1. The first-order valence-corrected chi connectivity index (χ1v) is 9.96. The third-order valence-electron chi connectivity index (χ3n) is 5.06. The predicted molar refractivity (Wildman–Crippen MR) is 123 cm³/mol. The fraction of sp³-hybridized carbons (Fsp3) is 0.160. The highest BCUT2D eigenvalue weighted by molar-refractivity contribution is 6.04. The number of amides is 1. The first-order valence-electron chi connectivity index (χ1n) is 9.96. The van der Waals surface area contributed by atoms with Crippen LogP contribution in [0.25, 0.3) is 11.0 Å². The van der Waals surface area contributed by atoms with E-state index < -0.39 is 5.91 Å². The van der Waals surface area contributed by atoms with Gasteiger partial charge >= 0.3 is 0 Å². The van der Waals surface area contributed by atoms with Crippen molar-refractivity contribution in [3.8, 4) is 0 Å². The van der Waals surface area contributed by atoms with E-state index >= 15 is 0 Å². The minimum absolute atomic E-state index is 0.0167. The molecule has 0 atom stereocenters. The van der Waals surface area contributed by atoms with Gasteiger partial charge in [-0.2, -0.15) is 0 Å². The average molecular weight is 413 g/mol. The molecule has 0 spiro atoms. The number of benzene rings is 2. The van der Waals surface area contributed by atoms with Crippen LogP contribution in [0, 0.1) is 6.92 Å². The van der Waals surface area contributed by atoms with Gasteiger partial charge in [0.05, 0.1) is 11.9 Å². The zero-order valence-corrected chi connectivity index (χ0v) is 17.7. The third-order valence-corrected chi connectivity index (χ3v) is 5.06. The zero-order valence-electron chi connectivity index (χ0n) is 17.7. The van der Waals surface area contributed by atoms with Crippen molar-refractivity contribution in [1.29, 1.82) is 0 Å². The molecule has 156 valence electrons. The van der Waals surface area contributed by atoms with Crippen LogP contribution >= 0.6 is 0 Å². The van der Waals surface area contributed by atoms with Crippen molar-refractivity contribution in [3.05, 3.63) is 100 Å². The number of nitrogens with zero attached hydrogens (tertiary/aromatic N) is 3. The summed E-state index contributed by atoms with van der Waals surface area (Å²) in [6, 6.07) is 19.9. The summed E-state index contributed by atoms with van der Waals surface area (Å²) in [4.78, 5) is 33.9. The van der Waals surface area contributed by atoms with Crippen LogP contribution in [0.5, 0.6) is 0 Å². The molecule has 0 N–H and O–H groups in total. The van der Waals surface area contributed by atoms with Gasteiger partial charge in [-0.1, -0.05) is 29.8 Å². The summed E-state index contributed by atoms with van der Waals surface area (Å²) in [5.74, 6) is 0.0442. The second-order valence-electron chi connectivity index (χ2n) is 7.61. The molecule has 0 bridgehead atoms. The number of rotatable bonds is 5. The molecule has 4 aromatic rings. The van der Waals surface area contributed by atoms with E-state index in [-0.39, 0.29) is 11.2 Å². The SMILES string of the molecule is Cc1ccc2oc(C(=O)N(Cc3ccc(N(C)C)cc3)c3ccccn3)cc(=O)c2c1. The van der Waals surface area contributed by atoms with Crippen LogP contribution in [0.2, 0.25) is 0 Å². The Bertz CT molecular complexity index is 1280. The zero-order chi connectivity index (χ0) is 22.0. The number of aromatic nitrogens is 1. The summed E-state index contributed by atoms with van der Waals surface area (Å²) in [6.45, 7) is 2.20. The highest BCUT2D eigenvalue weighted by Crippen LogP contribution is 2.21. The largest absolute Gasteiger partial charge is 0.451 e. The lowest BCUT2D eigenvalue weighted by Gasteiger charge is -2.22. The topological polar surface area (TPSA) is 66.7 Å². The number of anilines is 2. The quantitative estimate of drug-likeness (QED) is 0.485. The summed E-state index contributed by atoms with van der Waals surface area (Å²) in [7, 11) is 3.95. The second kappa shape index (κ2) is 8.44. The standard InChI is InChI=1S/C25H23N3O3/c1-17-7-12-22-20(14-17)21(29)15-23(31-22)25(30)28(24-6-4-5-13-26-24)16-18-8-10-19(11-9-18)27(2)3/h4-15H,16H2,1-3H3. The van der Waals surface area contributed by atoms with Crippen LogP contribution < -0.4 is 15.2 Å². The van der Waals surface area contributed by atoms with E-state index in [0.717, 1.165) is 16.8 Å². The summed E-state index contributed by atoms with van der Waals surface area (Å²) >= 11 is 0. The minimum Gasteiger partial charge on any atom is -0.451 e. The average Bonchev–Trinajstić information content (AvgIpc) is 2.78. The Morgan fingerprint density at radius 3 is 2.45 bits per heavy atom. The highest BCUT2D eigenvalue weighted by atomic mass is 16.3. The lowest BCUT2D eigenvalue weighted by molar-refractivity contribution is 0.0958. The van der Waals surface area contributed by atoms with Crippen LogP contribution in [0.4, 0.5) is 11.5 Å². The summed E-state index contributed by atoms with van der Waals surface area (Å²) in [6.07, 6.45) is 1.63. The molecule has 0 aliphatic carbocycles. The molecule has 0 aliphatic heterocycles. The normalized spacial score (nSPS) is 10.8. The minimum atomic E-state index is -0.421. The van der Waals surface area contributed by atoms with Crippen molar-refractivity contribution in [1.82, 2.24) is 4.98 Å². The van der Waals surface area contributed by atoms with Crippen molar-refractivity contribution < 1.29 is 9.21 Å². The molecule has 2 aromatic carbocycles. The molecule has 0 saturated carbocycles. The van der Waals surface area contributed by atoms with Gasteiger partial charge in [-0.25, -0.2) is 4.98 Å². The lowest BCUT2D eigenvalue weighted by Crippen LogP contribution is -2.31. The molecule has 0 unspecified atom stereocenters. The predicted octanol–water partition coefficient (Wildman–Crippen LogP) is 4.41. The molecule has 0 fully saturated rings. The van der Waals surface area contributed by atoms with Gasteiger partial charge in [-0.3, -0.25) is 14.5 Å². The first kappa shape index (κ1) is 20.3. The number of fused-ring (bicyclic) bond motifs is 1. The Morgan fingerprint density at radius 1 is 1.00 bits per heavy atom. The lowest BCUT2D eigenvalue weighted by atomic mass is 10.1. The van der Waals surface area contributed by atoms with Crippen LogP contribution in [0.1, 0.15) is 21.7 Å². The van der Waals surface area contributed by atoms with Crippen LogP contribution in [0.3, 0.4) is 0 Å². The fourth-order valence-electron chi connectivity index (χ4n) is 3.36. The Labute approximate surface area is 180 Å². The highest BCUT2D eigenvalue weighted by Gasteiger charge is 2.23. The van der Waals surface area contributed by atoms with Crippen LogP contribution in [-0.2, 0) is 6.54 Å². The van der Waals surface area contributed by atoms with E-state index in [1.165, 1.54) is 11.0 Å². The van der Waals surface area contributed by atoms with E-state index in [1.807, 2.05) is 62.3 Å². The van der Waals surface area contributed by atoms with Crippen LogP contribution in [-0.4, -0.2) is 25.0 Å². The van der Waals surface area contributed by atoms with E-state index in [4.69, 9.17) is 4.42 Å². The monoisotopic (exact) mass is 413 g/mol. The van der Waals surface area contributed by atoms with E-state index in [1.54, 1.807) is 30.5 Å². The first-order chi connectivity index (χ1) is 14.9. The van der Waals surface area contributed by atoms with Gasteiger partial charge in [0.25, 0.3) is 5.91 Å². The smallest absolute Gasteiger partial charge is 0.295 e. The van der Waals surface area contributed by atoms with Crippen molar-refractivity contribution in [3.63, 3.8) is 0 Å². The molecule has 6 heteroatoms. The summed E-state index contributed by atoms with van der Waals surface area (Å²) < 4.78 is 5.82. The molecule has 2 aromatic heterocycles. The summed E-state index contributed by atoms with van der Waals surface area (Å²) in [5, 5.41) is 0.459. The van der Waals surface area contributed by atoms with Crippen molar-refractivity contribution in [2.45, 2.75) is 13.5 Å². The maximum absolute atomic E-state index is 13.4. The number of carbonyl (C=O) groups excluding carboxylic acids is 1. The van der Waals surface area contributed by atoms with Gasteiger partial charge < -0.3 is 9.32 Å². The molecule has 2 heterocycles. The molecule has 1 amide bonds. The van der Waals surface area contributed by atoms with Crippen LogP contribution in [0.15, 0.2) is 82.1 Å². The van der Waals surface area contributed by atoms with Gasteiger partial charge in [0, 0.05) is 32.0 Å². The molecule has 31 heavy (non-hydrogen) atoms. The van der Waals surface area contributed by atoms with E-state index in [0.29, 0.717) is 23.3 Å².